The highest BCUT2D eigenvalue weighted by atomic mass is 19.4. The topological polar surface area (TPSA) is 35.2 Å². The second-order valence-corrected chi connectivity index (χ2v) is 4.62. The van der Waals surface area contributed by atoms with Gasteiger partial charge in [0.15, 0.2) is 0 Å². The average Bonchev–Trinajstić information content (AvgIpc) is 2.46. The van der Waals surface area contributed by atoms with E-state index in [9.17, 15) is 13.2 Å². The summed E-state index contributed by atoms with van der Waals surface area (Å²) in [6, 6.07) is 10.7. The van der Waals surface area contributed by atoms with Crippen LogP contribution in [0.3, 0.4) is 0 Å². The first-order valence-corrected chi connectivity index (χ1v) is 6.51. The van der Waals surface area contributed by atoms with Gasteiger partial charge in [0.05, 0.1) is 12.7 Å². The lowest BCUT2D eigenvalue weighted by atomic mass is 9.96. The van der Waals surface area contributed by atoms with Gasteiger partial charge in [-0.2, -0.15) is 13.2 Å². The summed E-state index contributed by atoms with van der Waals surface area (Å²) in [6.07, 6.45) is -3.81. The van der Waals surface area contributed by atoms with E-state index in [4.69, 9.17) is 10.5 Å². The summed E-state index contributed by atoms with van der Waals surface area (Å²) >= 11 is 0. The van der Waals surface area contributed by atoms with Crippen molar-refractivity contribution in [2.24, 2.45) is 5.73 Å². The van der Waals surface area contributed by atoms with Crippen LogP contribution in [0.1, 0.15) is 11.1 Å². The smallest absolute Gasteiger partial charge is 0.417 e. The van der Waals surface area contributed by atoms with Crippen molar-refractivity contribution in [2.45, 2.75) is 12.6 Å². The maximum absolute atomic E-state index is 13.2. The monoisotopic (exact) mass is 295 g/mol. The lowest BCUT2D eigenvalue weighted by Crippen LogP contribution is -2.08. The molecule has 0 saturated heterocycles. The van der Waals surface area contributed by atoms with Crippen molar-refractivity contribution in [3.63, 3.8) is 0 Å². The van der Waals surface area contributed by atoms with E-state index in [1.54, 1.807) is 18.2 Å². The van der Waals surface area contributed by atoms with E-state index >= 15 is 0 Å². The molecule has 0 aliphatic heterocycles. The SMILES string of the molecule is COc1ccc(CCN)cc1-c1ccccc1C(F)(F)F. The van der Waals surface area contributed by atoms with Crippen LogP contribution in [-0.2, 0) is 12.6 Å². The molecule has 0 saturated carbocycles. The van der Waals surface area contributed by atoms with E-state index in [0.29, 0.717) is 24.3 Å². The summed E-state index contributed by atoms with van der Waals surface area (Å²) in [5, 5.41) is 0. The van der Waals surface area contributed by atoms with E-state index in [1.165, 1.54) is 19.2 Å². The molecule has 2 aromatic carbocycles. The Labute approximate surface area is 121 Å². The van der Waals surface area contributed by atoms with Crippen molar-refractivity contribution in [1.82, 2.24) is 0 Å². The molecule has 112 valence electrons. The van der Waals surface area contributed by atoms with Crippen LogP contribution in [0.25, 0.3) is 11.1 Å². The van der Waals surface area contributed by atoms with Crippen molar-refractivity contribution in [2.75, 3.05) is 13.7 Å². The average molecular weight is 295 g/mol. The summed E-state index contributed by atoms with van der Waals surface area (Å²) in [7, 11) is 1.44. The summed E-state index contributed by atoms with van der Waals surface area (Å²) < 4.78 is 44.7. The molecular formula is C16H16F3NO. The van der Waals surface area contributed by atoms with Gasteiger partial charge in [-0.15, -0.1) is 0 Å². The van der Waals surface area contributed by atoms with Gasteiger partial charge in [0.2, 0.25) is 0 Å². The number of benzene rings is 2. The van der Waals surface area contributed by atoms with Crippen molar-refractivity contribution < 1.29 is 17.9 Å². The van der Waals surface area contributed by atoms with Gasteiger partial charge in [0.1, 0.15) is 5.75 Å². The minimum Gasteiger partial charge on any atom is -0.496 e. The molecular weight excluding hydrogens is 279 g/mol. The molecule has 0 heterocycles. The lowest BCUT2D eigenvalue weighted by Gasteiger charge is -2.16. The standard InChI is InChI=1S/C16H16F3NO/c1-21-15-7-6-11(8-9-20)10-13(15)12-4-2-3-5-14(12)16(17,18)19/h2-7,10H,8-9,20H2,1H3. The molecule has 0 spiro atoms. The van der Waals surface area contributed by atoms with Crippen LogP contribution in [0, 0.1) is 0 Å². The maximum atomic E-state index is 13.2. The Balaban J connectivity index is 2.63. The maximum Gasteiger partial charge on any atom is 0.417 e. The molecule has 2 aromatic rings. The van der Waals surface area contributed by atoms with Crippen molar-refractivity contribution in [1.29, 1.82) is 0 Å². The molecule has 5 heteroatoms. The Morgan fingerprint density at radius 2 is 1.76 bits per heavy atom. The fraction of sp³-hybridized carbons (Fsp3) is 0.250. The molecule has 0 aliphatic carbocycles. The van der Waals surface area contributed by atoms with Crippen molar-refractivity contribution in [3.8, 4) is 16.9 Å². The normalized spacial score (nSPS) is 11.5. The third-order valence-corrected chi connectivity index (χ3v) is 3.22. The molecule has 0 amide bonds. The molecule has 0 fully saturated rings. The molecule has 0 unspecified atom stereocenters. The molecule has 0 aliphatic rings. The van der Waals surface area contributed by atoms with Crippen molar-refractivity contribution in [3.05, 3.63) is 53.6 Å². The first-order valence-electron chi connectivity index (χ1n) is 6.51. The minimum absolute atomic E-state index is 0.112. The molecule has 0 radical (unpaired) electrons. The third-order valence-electron chi connectivity index (χ3n) is 3.22. The van der Waals surface area contributed by atoms with Gasteiger partial charge in [-0.25, -0.2) is 0 Å². The van der Waals surface area contributed by atoms with Gasteiger partial charge in [-0.05, 0) is 42.3 Å². The van der Waals surface area contributed by atoms with Crippen LogP contribution in [0.5, 0.6) is 5.75 Å². The predicted molar refractivity (Wildman–Crippen MR) is 76.2 cm³/mol. The molecule has 0 aromatic heterocycles. The zero-order valence-corrected chi connectivity index (χ0v) is 11.6. The number of rotatable bonds is 4. The number of ether oxygens (including phenoxy) is 1. The highest BCUT2D eigenvalue weighted by molar-refractivity contribution is 5.74. The first kappa shape index (κ1) is 15.4. The molecule has 2 nitrogen and oxygen atoms in total. The number of hydrogen-bond acceptors (Lipinski definition) is 2. The molecule has 2 rings (SSSR count). The predicted octanol–water partition coefficient (Wildman–Crippen LogP) is 3.88. The van der Waals surface area contributed by atoms with Crippen LogP contribution in [0.2, 0.25) is 0 Å². The van der Waals surface area contributed by atoms with Gasteiger partial charge in [-0.3, -0.25) is 0 Å². The van der Waals surface area contributed by atoms with E-state index in [-0.39, 0.29) is 5.56 Å². The summed E-state index contributed by atoms with van der Waals surface area (Å²) in [5.41, 5.74) is 6.25. The fourth-order valence-corrected chi connectivity index (χ4v) is 2.25. The van der Waals surface area contributed by atoms with Crippen LogP contribution in [-0.4, -0.2) is 13.7 Å². The molecule has 2 N–H and O–H groups in total. The highest BCUT2D eigenvalue weighted by Crippen LogP contribution is 2.40. The number of halogens is 3. The second-order valence-electron chi connectivity index (χ2n) is 4.62. The van der Waals surface area contributed by atoms with Gasteiger partial charge in [-0.1, -0.05) is 24.3 Å². The molecule has 21 heavy (non-hydrogen) atoms. The van der Waals surface area contributed by atoms with Crippen LogP contribution < -0.4 is 10.5 Å². The molecule has 0 atom stereocenters. The van der Waals surface area contributed by atoms with Gasteiger partial charge in [0, 0.05) is 5.56 Å². The lowest BCUT2D eigenvalue weighted by molar-refractivity contribution is -0.137. The van der Waals surface area contributed by atoms with Crippen LogP contribution in [0.15, 0.2) is 42.5 Å². The number of nitrogens with two attached hydrogens (primary N) is 1. The Kier molecular flexibility index (Phi) is 4.53. The Morgan fingerprint density at radius 3 is 2.38 bits per heavy atom. The Morgan fingerprint density at radius 1 is 1.05 bits per heavy atom. The van der Waals surface area contributed by atoms with Crippen LogP contribution in [0.4, 0.5) is 13.2 Å². The minimum atomic E-state index is -4.41. The van der Waals surface area contributed by atoms with E-state index in [2.05, 4.69) is 0 Å². The molecule has 0 bridgehead atoms. The van der Waals surface area contributed by atoms with E-state index < -0.39 is 11.7 Å². The number of alkyl halides is 3. The zero-order valence-electron chi connectivity index (χ0n) is 11.6. The fourth-order valence-electron chi connectivity index (χ4n) is 2.25. The van der Waals surface area contributed by atoms with Crippen LogP contribution >= 0.6 is 0 Å². The van der Waals surface area contributed by atoms with E-state index in [0.717, 1.165) is 11.6 Å². The Bertz CT molecular complexity index is 623. The number of methoxy groups -OCH3 is 1. The quantitative estimate of drug-likeness (QED) is 0.929. The Hall–Kier alpha value is -2.01. The zero-order chi connectivity index (χ0) is 15.5. The van der Waals surface area contributed by atoms with Gasteiger partial charge < -0.3 is 10.5 Å². The highest BCUT2D eigenvalue weighted by Gasteiger charge is 2.33. The number of hydrogen-bond donors (Lipinski definition) is 1. The summed E-state index contributed by atoms with van der Waals surface area (Å²) in [4.78, 5) is 0. The van der Waals surface area contributed by atoms with Crippen molar-refractivity contribution >= 4 is 0 Å². The summed E-state index contributed by atoms with van der Waals surface area (Å²) in [6.45, 7) is 0.437. The van der Waals surface area contributed by atoms with E-state index in [1.807, 2.05) is 6.07 Å². The van der Waals surface area contributed by atoms with Gasteiger partial charge in [0.25, 0.3) is 0 Å². The largest absolute Gasteiger partial charge is 0.496 e. The second kappa shape index (κ2) is 6.18. The van der Waals surface area contributed by atoms with Gasteiger partial charge >= 0.3 is 6.18 Å². The third kappa shape index (κ3) is 3.36. The first-order chi connectivity index (χ1) is 9.97. The summed E-state index contributed by atoms with van der Waals surface area (Å²) in [5.74, 6) is 0.410.